The lowest BCUT2D eigenvalue weighted by atomic mass is 9.85. The fourth-order valence-electron chi connectivity index (χ4n) is 4.47. The van der Waals surface area contributed by atoms with Crippen LogP contribution < -0.4 is 9.64 Å². The van der Waals surface area contributed by atoms with Crippen molar-refractivity contribution in [2.45, 2.75) is 6.42 Å². The average Bonchev–Trinajstić information content (AvgIpc) is 3.32. The number of carbonyl (C=O) groups excluding carboxylic acids is 2. The Balaban J connectivity index is 1.39. The van der Waals surface area contributed by atoms with Crippen molar-refractivity contribution in [3.05, 3.63) is 65.7 Å². The summed E-state index contributed by atoms with van der Waals surface area (Å²) in [5, 5.41) is 0.525. The highest BCUT2D eigenvalue weighted by Gasteiger charge is 2.59. The minimum atomic E-state index is -0.184. The second kappa shape index (κ2) is 5.71. The second-order valence-electron chi connectivity index (χ2n) is 7.04. The van der Waals surface area contributed by atoms with Gasteiger partial charge in [0.15, 0.2) is 0 Å². The average molecular weight is 366 g/mol. The van der Waals surface area contributed by atoms with E-state index in [4.69, 9.17) is 16.3 Å². The molecule has 2 aliphatic carbocycles. The molecule has 4 nitrogen and oxygen atoms in total. The Morgan fingerprint density at radius 1 is 0.885 bits per heavy atom. The summed E-state index contributed by atoms with van der Waals surface area (Å²) >= 11 is 6.11. The molecule has 2 bridgehead atoms. The lowest BCUT2D eigenvalue weighted by Crippen LogP contribution is -2.32. The van der Waals surface area contributed by atoms with E-state index in [9.17, 15) is 9.59 Å². The van der Waals surface area contributed by atoms with Crippen LogP contribution in [0, 0.1) is 23.7 Å². The molecule has 2 aromatic rings. The topological polar surface area (TPSA) is 46.6 Å². The van der Waals surface area contributed by atoms with E-state index in [1.165, 1.54) is 4.90 Å². The Labute approximate surface area is 156 Å². The van der Waals surface area contributed by atoms with Crippen LogP contribution in [-0.2, 0) is 9.59 Å². The molecule has 5 rings (SSSR count). The van der Waals surface area contributed by atoms with Gasteiger partial charge >= 0.3 is 0 Å². The van der Waals surface area contributed by atoms with Gasteiger partial charge in [0.2, 0.25) is 11.8 Å². The van der Waals surface area contributed by atoms with E-state index in [0.717, 1.165) is 6.42 Å². The molecule has 0 radical (unpaired) electrons. The number of ether oxygens (including phenoxy) is 1. The van der Waals surface area contributed by atoms with Gasteiger partial charge in [-0.2, -0.15) is 0 Å². The van der Waals surface area contributed by atoms with E-state index in [1.54, 1.807) is 36.4 Å². The highest BCUT2D eigenvalue weighted by atomic mass is 35.5. The largest absolute Gasteiger partial charge is 0.456 e. The summed E-state index contributed by atoms with van der Waals surface area (Å²) in [6.45, 7) is 0. The van der Waals surface area contributed by atoms with Gasteiger partial charge in [0.25, 0.3) is 0 Å². The van der Waals surface area contributed by atoms with Crippen molar-refractivity contribution in [2.75, 3.05) is 4.90 Å². The molecule has 3 aliphatic rings. The zero-order valence-corrected chi connectivity index (χ0v) is 14.6. The predicted octanol–water partition coefficient (Wildman–Crippen LogP) is 4.44. The summed E-state index contributed by atoms with van der Waals surface area (Å²) in [5.74, 6) is 1.08. The lowest BCUT2D eigenvalue weighted by Gasteiger charge is -2.17. The van der Waals surface area contributed by atoms with Crippen molar-refractivity contribution in [3.8, 4) is 11.5 Å². The summed E-state index contributed by atoms with van der Waals surface area (Å²) in [6.07, 6.45) is 5.13. The van der Waals surface area contributed by atoms with Crippen LogP contribution in [0.15, 0.2) is 60.7 Å². The van der Waals surface area contributed by atoms with Crippen molar-refractivity contribution in [3.63, 3.8) is 0 Å². The number of hydrogen-bond donors (Lipinski definition) is 0. The molecule has 0 spiro atoms. The van der Waals surface area contributed by atoms with Crippen molar-refractivity contribution >= 4 is 29.1 Å². The van der Waals surface area contributed by atoms with E-state index >= 15 is 0 Å². The first-order valence-electron chi connectivity index (χ1n) is 8.72. The molecule has 5 heteroatoms. The molecule has 1 aliphatic heterocycles. The molecule has 2 fully saturated rings. The minimum Gasteiger partial charge on any atom is -0.456 e. The zero-order valence-electron chi connectivity index (χ0n) is 13.8. The lowest BCUT2D eigenvalue weighted by molar-refractivity contribution is -0.123. The Kier molecular flexibility index (Phi) is 3.44. The predicted molar refractivity (Wildman–Crippen MR) is 98.2 cm³/mol. The number of imide groups is 1. The van der Waals surface area contributed by atoms with Crippen LogP contribution in [0.2, 0.25) is 5.02 Å². The van der Waals surface area contributed by atoms with Crippen LogP contribution in [0.1, 0.15) is 6.42 Å². The van der Waals surface area contributed by atoms with Gasteiger partial charge in [0.1, 0.15) is 11.5 Å². The molecule has 0 N–H and O–H groups in total. The Morgan fingerprint density at radius 2 is 1.50 bits per heavy atom. The highest BCUT2D eigenvalue weighted by Crippen LogP contribution is 2.53. The van der Waals surface area contributed by atoms with Gasteiger partial charge in [-0.15, -0.1) is 0 Å². The molecule has 1 saturated carbocycles. The van der Waals surface area contributed by atoms with Gasteiger partial charge in [-0.05, 0) is 54.7 Å². The summed E-state index contributed by atoms with van der Waals surface area (Å²) in [7, 11) is 0. The van der Waals surface area contributed by atoms with Gasteiger partial charge in [-0.3, -0.25) is 14.5 Å². The summed E-state index contributed by atoms with van der Waals surface area (Å²) < 4.78 is 5.77. The van der Waals surface area contributed by atoms with Crippen molar-refractivity contribution in [1.29, 1.82) is 0 Å². The van der Waals surface area contributed by atoms with Crippen molar-refractivity contribution < 1.29 is 14.3 Å². The number of fused-ring (bicyclic) bond motifs is 5. The minimum absolute atomic E-state index is 0.0726. The number of benzene rings is 2. The normalized spacial score (nSPS) is 28.7. The molecule has 130 valence electrons. The second-order valence-corrected chi connectivity index (χ2v) is 7.45. The third-order valence-corrected chi connectivity index (χ3v) is 5.94. The van der Waals surface area contributed by atoms with Crippen LogP contribution >= 0.6 is 11.6 Å². The SMILES string of the molecule is O=C1[C@@H]2[C@H](C(=O)N1c1ccc(Oc3ccccc3Cl)cc1)[C@@H]1C=C[C@@H]2C1. The maximum Gasteiger partial charge on any atom is 0.238 e. The van der Waals surface area contributed by atoms with Crippen LogP contribution in [-0.4, -0.2) is 11.8 Å². The Morgan fingerprint density at radius 3 is 2.12 bits per heavy atom. The first-order valence-corrected chi connectivity index (χ1v) is 9.10. The molecular formula is C21H16ClNO3. The molecule has 2 amide bonds. The van der Waals surface area contributed by atoms with Crippen LogP contribution in [0.4, 0.5) is 5.69 Å². The monoisotopic (exact) mass is 365 g/mol. The molecule has 1 saturated heterocycles. The van der Waals surface area contributed by atoms with E-state index in [2.05, 4.69) is 12.2 Å². The molecule has 2 aromatic carbocycles. The highest BCUT2D eigenvalue weighted by molar-refractivity contribution is 6.32. The van der Waals surface area contributed by atoms with Crippen molar-refractivity contribution in [2.24, 2.45) is 23.7 Å². The van der Waals surface area contributed by atoms with Crippen molar-refractivity contribution in [1.82, 2.24) is 0 Å². The number of nitrogens with zero attached hydrogens (tertiary/aromatic N) is 1. The zero-order chi connectivity index (χ0) is 17.8. The molecular weight excluding hydrogens is 350 g/mol. The number of para-hydroxylation sites is 1. The first kappa shape index (κ1) is 15.6. The van der Waals surface area contributed by atoms with Gasteiger partial charge < -0.3 is 4.74 Å². The number of hydrogen-bond acceptors (Lipinski definition) is 3. The number of rotatable bonds is 3. The number of carbonyl (C=O) groups is 2. The van der Waals surface area contributed by atoms with Gasteiger partial charge in [0, 0.05) is 0 Å². The van der Waals surface area contributed by atoms with Crippen LogP contribution in [0.25, 0.3) is 0 Å². The third-order valence-electron chi connectivity index (χ3n) is 5.63. The summed E-state index contributed by atoms with van der Waals surface area (Å²) in [4.78, 5) is 27.0. The van der Waals surface area contributed by atoms with E-state index in [1.807, 2.05) is 12.1 Å². The van der Waals surface area contributed by atoms with E-state index < -0.39 is 0 Å². The number of amides is 2. The molecule has 26 heavy (non-hydrogen) atoms. The quantitative estimate of drug-likeness (QED) is 0.596. The molecule has 0 aromatic heterocycles. The third kappa shape index (κ3) is 2.22. The summed E-state index contributed by atoms with van der Waals surface area (Å²) in [5.41, 5.74) is 0.598. The fourth-order valence-corrected chi connectivity index (χ4v) is 4.65. The van der Waals surface area contributed by atoms with E-state index in [-0.39, 0.29) is 35.5 Å². The standard InChI is InChI=1S/C21H16ClNO3/c22-16-3-1-2-4-17(16)26-15-9-7-14(8-10-15)23-20(24)18-12-5-6-13(11-12)19(18)21(23)25/h1-10,12-13,18-19H,11H2/t12-,13-,18-,19+/m1/s1. The van der Waals surface area contributed by atoms with Gasteiger partial charge in [-0.25, -0.2) is 0 Å². The Hall–Kier alpha value is -2.59. The number of halogens is 1. The molecule has 1 heterocycles. The maximum absolute atomic E-state index is 12.8. The fraction of sp³-hybridized carbons (Fsp3) is 0.238. The van der Waals surface area contributed by atoms with Gasteiger partial charge in [-0.1, -0.05) is 35.9 Å². The summed E-state index contributed by atoms with van der Waals surface area (Å²) in [6, 6.07) is 14.2. The first-order chi connectivity index (χ1) is 12.6. The smallest absolute Gasteiger partial charge is 0.238 e. The van der Waals surface area contributed by atoms with Crippen LogP contribution in [0.3, 0.4) is 0 Å². The number of allylic oxidation sites excluding steroid dienone is 2. The van der Waals surface area contributed by atoms with Gasteiger partial charge in [0.05, 0.1) is 22.5 Å². The van der Waals surface area contributed by atoms with Crippen LogP contribution in [0.5, 0.6) is 11.5 Å². The van der Waals surface area contributed by atoms with E-state index in [0.29, 0.717) is 22.2 Å². The number of anilines is 1. The molecule has 4 atom stereocenters. The Bertz CT molecular complexity index is 907. The maximum atomic E-state index is 12.8. The molecule has 0 unspecified atom stereocenters.